The van der Waals surface area contributed by atoms with E-state index in [1.807, 2.05) is 27.0 Å². The summed E-state index contributed by atoms with van der Waals surface area (Å²) in [5.41, 5.74) is 0.619. The van der Waals surface area contributed by atoms with Gasteiger partial charge in [-0.2, -0.15) is 0 Å². The van der Waals surface area contributed by atoms with Crippen LogP contribution in [0.5, 0.6) is 0 Å². The number of anilines is 1. The van der Waals surface area contributed by atoms with E-state index in [4.69, 9.17) is 4.74 Å². The van der Waals surface area contributed by atoms with Gasteiger partial charge in [0, 0.05) is 59.1 Å². The molecule has 1 aliphatic rings. The summed E-state index contributed by atoms with van der Waals surface area (Å²) in [4.78, 5) is 25.1. The molecule has 0 unspecified atom stereocenters. The van der Waals surface area contributed by atoms with Crippen LogP contribution in [-0.2, 0) is 11.3 Å². The molecule has 1 saturated heterocycles. The van der Waals surface area contributed by atoms with Crippen molar-refractivity contribution in [2.24, 2.45) is 4.99 Å². The van der Waals surface area contributed by atoms with Crippen molar-refractivity contribution >= 4 is 41.8 Å². The highest BCUT2D eigenvalue weighted by Crippen LogP contribution is 2.13. The van der Waals surface area contributed by atoms with Crippen LogP contribution in [0.15, 0.2) is 23.3 Å². The van der Waals surface area contributed by atoms with Gasteiger partial charge in [0.2, 0.25) is 0 Å². The number of halogens is 1. The van der Waals surface area contributed by atoms with E-state index in [1.165, 1.54) is 0 Å². The minimum atomic E-state index is -0.480. The molecule has 3 N–H and O–H groups in total. The van der Waals surface area contributed by atoms with Crippen LogP contribution in [0.25, 0.3) is 0 Å². The van der Waals surface area contributed by atoms with Crippen LogP contribution in [0.2, 0.25) is 0 Å². The molecule has 0 aromatic carbocycles. The number of ether oxygens (including phenoxy) is 1. The summed E-state index contributed by atoms with van der Waals surface area (Å²) >= 11 is 0. The summed E-state index contributed by atoms with van der Waals surface area (Å²) in [5, 5.41) is 9.28. The lowest BCUT2D eigenvalue weighted by molar-refractivity contribution is 0.0527. The van der Waals surface area contributed by atoms with Crippen LogP contribution < -0.4 is 20.9 Å². The number of rotatable bonds is 7. The average Bonchev–Trinajstić information content (AvgIpc) is 2.70. The quantitative estimate of drug-likeness (QED) is 0.208. The number of pyridine rings is 1. The van der Waals surface area contributed by atoms with Crippen molar-refractivity contribution in [3.63, 3.8) is 0 Å². The second-order valence-corrected chi connectivity index (χ2v) is 8.45. The summed E-state index contributed by atoms with van der Waals surface area (Å²) in [5.74, 6) is 1.75. The Balaban J connectivity index is 0.00000480. The van der Waals surface area contributed by atoms with Gasteiger partial charge in [-0.1, -0.05) is 6.07 Å². The topological polar surface area (TPSA) is 94.1 Å². The smallest absolute Gasteiger partial charge is 0.407 e. The van der Waals surface area contributed by atoms with Gasteiger partial charge in [0.1, 0.15) is 11.4 Å². The Hall–Kier alpha value is -1.82. The molecule has 0 aliphatic carbocycles. The molecule has 0 saturated carbocycles. The number of guanidine groups is 1. The number of aromatic nitrogens is 1. The second-order valence-electron chi connectivity index (χ2n) is 8.45. The lowest BCUT2D eigenvalue weighted by Crippen LogP contribution is -2.44. The second kappa shape index (κ2) is 13.6. The number of nitrogens with one attached hydrogen (secondary N) is 3. The predicted octanol–water partition coefficient (Wildman–Crippen LogP) is 2.03. The summed E-state index contributed by atoms with van der Waals surface area (Å²) in [7, 11) is 3.89. The first-order valence-electron chi connectivity index (χ1n) is 10.6. The molecule has 1 fully saturated rings. The highest BCUT2D eigenvalue weighted by molar-refractivity contribution is 14.0. The van der Waals surface area contributed by atoms with Gasteiger partial charge in [-0.15, -0.1) is 24.0 Å². The van der Waals surface area contributed by atoms with Crippen LogP contribution in [0.1, 0.15) is 32.8 Å². The summed E-state index contributed by atoms with van der Waals surface area (Å²) in [6.07, 6.45) is 2.29. The Kier molecular flexibility index (Phi) is 11.9. The van der Waals surface area contributed by atoms with Crippen molar-refractivity contribution in [3.8, 4) is 0 Å². The minimum absolute atomic E-state index is 0. The van der Waals surface area contributed by atoms with E-state index in [-0.39, 0.29) is 24.0 Å². The molecule has 0 radical (unpaired) electrons. The third-order valence-corrected chi connectivity index (χ3v) is 4.63. The standard InChI is InChI=1S/C21H37N7O2.HI/c1-21(2,3)30-20(29)24-10-6-9-23-19(22-4)26-16-17-7-8-18(25-15-17)28-13-11-27(5)12-14-28;/h7-8,15H,6,9-14,16H2,1-5H3,(H,24,29)(H2,22,23,26);1H. The lowest BCUT2D eigenvalue weighted by Gasteiger charge is -2.33. The zero-order valence-corrected chi connectivity index (χ0v) is 21.7. The number of alkyl carbamates (subject to hydrolysis) is 1. The number of piperazine rings is 1. The molecule has 176 valence electrons. The number of hydrogen-bond donors (Lipinski definition) is 3. The number of carbonyl (C=O) groups is 1. The van der Waals surface area contributed by atoms with Crippen LogP contribution >= 0.6 is 24.0 Å². The van der Waals surface area contributed by atoms with Gasteiger partial charge in [0.15, 0.2) is 5.96 Å². The predicted molar refractivity (Wildman–Crippen MR) is 136 cm³/mol. The van der Waals surface area contributed by atoms with Gasteiger partial charge in [0.05, 0.1) is 0 Å². The Morgan fingerprint density at radius 3 is 2.39 bits per heavy atom. The third kappa shape index (κ3) is 10.9. The normalized spacial score (nSPS) is 15.1. The van der Waals surface area contributed by atoms with Gasteiger partial charge < -0.3 is 30.5 Å². The monoisotopic (exact) mass is 547 g/mol. The molecular weight excluding hydrogens is 509 g/mol. The molecule has 0 atom stereocenters. The van der Waals surface area contributed by atoms with Crippen molar-refractivity contribution in [1.82, 2.24) is 25.8 Å². The lowest BCUT2D eigenvalue weighted by atomic mass is 10.2. The number of hydrogen-bond acceptors (Lipinski definition) is 6. The molecular formula is C21H38IN7O2. The maximum atomic E-state index is 11.6. The molecule has 1 aliphatic heterocycles. The number of aliphatic imine (C=N–C) groups is 1. The fourth-order valence-electron chi connectivity index (χ4n) is 2.95. The van der Waals surface area contributed by atoms with Gasteiger partial charge in [0.25, 0.3) is 0 Å². The third-order valence-electron chi connectivity index (χ3n) is 4.63. The van der Waals surface area contributed by atoms with Gasteiger partial charge in [-0.05, 0) is 45.9 Å². The Labute approximate surface area is 203 Å². The maximum absolute atomic E-state index is 11.6. The first-order valence-corrected chi connectivity index (χ1v) is 10.6. The molecule has 1 aromatic rings. The first kappa shape index (κ1) is 27.2. The van der Waals surface area contributed by atoms with Crippen LogP contribution in [-0.4, -0.2) is 80.9 Å². The molecule has 2 rings (SSSR count). The molecule has 0 bridgehead atoms. The van der Waals surface area contributed by atoms with Gasteiger partial charge in [-0.3, -0.25) is 4.99 Å². The number of amides is 1. The molecule has 2 heterocycles. The van der Waals surface area contributed by atoms with Crippen molar-refractivity contribution in [3.05, 3.63) is 23.9 Å². The molecule has 0 spiro atoms. The fraction of sp³-hybridized carbons (Fsp3) is 0.667. The zero-order valence-electron chi connectivity index (χ0n) is 19.4. The summed E-state index contributed by atoms with van der Waals surface area (Å²) in [6.45, 7) is 11.6. The molecule has 1 amide bonds. The molecule has 31 heavy (non-hydrogen) atoms. The average molecular weight is 547 g/mol. The number of likely N-dealkylation sites (N-methyl/N-ethyl adjacent to an activating group) is 1. The van der Waals surface area contributed by atoms with Gasteiger partial charge >= 0.3 is 6.09 Å². The van der Waals surface area contributed by atoms with E-state index in [0.717, 1.165) is 49.9 Å². The van der Waals surface area contributed by atoms with Crippen molar-refractivity contribution in [2.75, 3.05) is 58.3 Å². The van der Waals surface area contributed by atoms with Crippen molar-refractivity contribution < 1.29 is 9.53 Å². The summed E-state index contributed by atoms with van der Waals surface area (Å²) in [6, 6.07) is 4.19. The van der Waals surface area contributed by atoms with Crippen LogP contribution in [0.3, 0.4) is 0 Å². The molecule has 9 nitrogen and oxygen atoms in total. The van der Waals surface area contributed by atoms with Crippen LogP contribution in [0, 0.1) is 0 Å². The van der Waals surface area contributed by atoms with E-state index < -0.39 is 11.7 Å². The zero-order chi connectivity index (χ0) is 22.0. The number of nitrogens with zero attached hydrogens (tertiary/aromatic N) is 4. The van der Waals surface area contributed by atoms with E-state index in [0.29, 0.717) is 19.6 Å². The minimum Gasteiger partial charge on any atom is -0.444 e. The molecule has 10 heteroatoms. The van der Waals surface area contributed by atoms with Gasteiger partial charge in [-0.25, -0.2) is 9.78 Å². The Bertz CT molecular complexity index is 684. The highest BCUT2D eigenvalue weighted by atomic mass is 127. The Morgan fingerprint density at radius 1 is 1.13 bits per heavy atom. The van der Waals surface area contributed by atoms with Crippen molar-refractivity contribution in [1.29, 1.82) is 0 Å². The Morgan fingerprint density at radius 2 is 1.81 bits per heavy atom. The van der Waals surface area contributed by atoms with Crippen LogP contribution in [0.4, 0.5) is 10.6 Å². The summed E-state index contributed by atoms with van der Waals surface area (Å²) < 4.78 is 5.21. The number of carbonyl (C=O) groups excluding carboxylic acids is 1. The van der Waals surface area contributed by atoms with E-state index in [1.54, 1.807) is 7.05 Å². The molecule has 1 aromatic heterocycles. The van der Waals surface area contributed by atoms with Crippen molar-refractivity contribution in [2.45, 2.75) is 39.3 Å². The highest BCUT2D eigenvalue weighted by Gasteiger charge is 2.16. The SMILES string of the molecule is CN=C(NCCCNC(=O)OC(C)(C)C)NCc1ccc(N2CCN(C)CC2)nc1.I. The fourth-order valence-corrected chi connectivity index (χ4v) is 2.95. The maximum Gasteiger partial charge on any atom is 0.407 e. The first-order chi connectivity index (χ1) is 14.3. The largest absolute Gasteiger partial charge is 0.444 e. The van der Waals surface area contributed by atoms with E-state index >= 15 is 0 Å². The van der Waals surface area contributed by atoms with E-state index in [9.17, 15) is 4.79 Å². The van der Waals surface area contributed by atoms with E-state index in [2.05, 4.69) is 54.9 Å².